The van der Waals surface area contributed by atoms with Gasteiger partial charge in [-0.25, -0.2) is 0 Å². The first-order valence-corrected chi connectivity index (χ1v) is 4.29. The second kappa shape index (κ2) is 4.37. The van der Waals surface area contributed by atoms with Gasteiger partial charge >= 0.3 is 0 Å². The van der Waals surface area contributed by atoms with Crippen molar-refractivity contribution >= 4 is 5.84 Å². The highest BCUT2D eigenvalue weighted by atomic mass is 14.9. The van der Waals surface area contributed by atoms with E-state index in [2.05, 4.69) is 32.7 Å². The van der Waals surface area contributed by atoms with Gasteiger partial charge in [0.15, 0.2) is 0 Å². The van der Waals surface area contributed by atoms with Crippen LogP contribution >= 0.6 is 0 Å². The van der Waals surface area contributed by atoms with Crippen LogP contribution in [0.15, 0.2) is 4.99 Å². The van der Waals surface area contributed by atoms with E-state index in [1.165, 1.54) is 6.42 Å². The number of rotatable bonds is 3. The first kappa shape index (κ1) is 10.5. The summed E-state index contributed by atoms with van der Waals surface area (Å²) in [4.78, 5) is 4.28. The van der Waals surface area contributed by atoms with Gasteiger partial charge in [0.2, 0.25) is 0 Å². The van der Waals surface area contributed by atoms with E-state index in [1.807, 2.05) is 0 Å². The average Bonchev–Trinajstić information content (AvgIpc) is 1.86. The molecule has 0 aliphatic carbocycles. The van der Waals surface area contributed by atoms with Crippen LogP contribution in [0.4, 0.5) is 0 Å². The molecule has 0 fully saturated rings. The van der Waals surface area contributed by atoms with Gasteiger partial charge in [-0.3, -0.25) is 4.99 Å². The maximum absolute atomic E-state index is 5.74. The highest BCUT2D eigenvalue weighted by Crippen LogP contribution is 2.12. The monoisotopic (exact) mass is 156 g/mol. The Kier molecular flexibility index (Phi) is 4.16. The van der Waals surface area contributed by atoms with Crippen LogP contribution in [0, 0.1) is 5.41 Å². The Morgan fingerprint density at radius 2 is 1.91 bits per heavy atom. The summed E-state index contributed by atoms with van der Waals surface area (Å²) in [6, 6.07) is 0. The summed E-state index contributed by atoms with van der Waals surface area (Å²) < 4.78 is 0. The molecule has 0 spiro atoms. The number of hydrogen-bond donors (Lipinski definition) is 1. The molecule has 0 saturated heterocycles. The molecule has 0 aromatic rings. The van der Waals surface area contributed by atoms with Crippen LogP contribution in [0.25, 0.3) is 0 Å². The van der Waals surface area contributed by atoms with Crippen molar-refractivity contribution in [3.63, 3.8) is 0 Å². The van der Waals surface area contributed by atoms with Crippen molar-refractivity contribution in [1.29, 1.82) is 0 Å². The van der Waals surface area contributed by atoms with Crippen molar-refractivity contribution < 1.29 is 0 Å². The number of nitrogens with two attached hydrogens (primary N) is 1. The first-order valence-electron chi connectivity index (χ1n) is 4.29. The number of hydrogen-bond acceptors (Lipinski definition) is 1. The molecule has 66 valence electrons. The third-order valence-corrected chi connectivity index (χ3v) is 1.56. The van der Waals surface area contributed by atoms with Crippen LogP contribution in [-0.2, 0) is 0 Å². The quantitative estimate of drug-likeness (QED) is 0.379. The Bertz CT molecular complexity index is 131. The van der Waals surface area contributed by atoms with Crippen LogP contribution in [-0.4, -0.2) is 12.4 Å². The molecule has 0 aliphatic rings. The van der Waals surface area contributed by atoms with Gasteiger partial charge in [-0.15, -0.1) is 0 Å². The van der Waals surface area contributed by atoms with Crippen LogP contribution in [0.2, 0.25) is 0 Å². The van der Waals surface area contributed by atoms with Gasteiger partial charge in [-0.05, 0) is 6.42 Å². The van der Waals surface area contributed by atoms with E-state index in [0.29, 0.717) is 0 Å². The second-order valence-electron chi connectivity index (χ2n) is 3.87. The molecule has 2 N–H and O–H groups in total. The largest absolute Gasteiger partial charge is 0.387 e. The molecule has 0 amide bonds. The van der Waals surface area contributed by atoms with Crippen molar-refractivity contribution in [3.05, 3.63) is 0 Å². The standard InChI is InChI=1S/C9H20N2/c1-5-6-7-11-8(10)9(2,3)4/h5-7H2,1-4H3,(H2,10,11). The SMILES string of the molecule is CCCCN=C(N)C(C)(C)C. The molecule has 0 unspecified atom stereocenters. The van der Waals surface area contributed by atoms with E-state index in [1.54, 1.807) is 0 Å². The van der Waals surface area contributed by atoms with Crippen molar-refractivity contribution in [3.8, 4) is 0 Å². The van der Waals surface area contributed by atoms with Crippen LogP contribution in [0.3, 0.4) is 0 Å². The molecule has 2 heteroatoms. The van der Waals surface area contributed by atoms with Crippen LogP contribution in [0.5, 0.6) is 0 Å². The zero-order valence-electron chi connectivity index (χ0n) is 8.15. The predicted molar refractivity (Wildman–Crippen MR) is 50.9 cm³/mol. The Morgan fingerprint density at radius 1 is 1.36 bits per heavy atom. The fraction of sp³-hybridized carbons (Fsp3) is 0.889. The van der Waals surface area contributed by atoms with E-state index < -0.39 is 0 Å². The Hall–Kier alpha value is -0.530. The fourth-order valence-electron chi connectivity index (χ4n) is 0.595. The van der Waals surface area contributed by atoms with E-state index in [9.17, 15) is 0 Å². The lowest BCUT2D eigenvalue weighted by atomic mass is 9.95. The molecule has 0 aliphatic heterocycles. The molecule has 2 nitrogen and oxygen atoms in total. The molecule has 0 heterocycles. The summed E-state index contributed by atoms with van der Waals surface area (Å²) in [5.74, 6) is 0.769. The molecule has 0 aromatic carbocycles. The lowest BCUT2D eigenvalue weighted by Crippen LogP contribution is -2.29. The second-order valence-corrected chi connectivity index (χ2v) is 3.87. The lowest BCUT2D eigenvalue weighted by molar-refractivity contribution is 0.580. The van der Waals surface area contributed by atoms with Crippen molar-refractivity contribution in [2.75, 3.05) is 6.54 Å². The van der Waals surface area contributed by atoms with E-state index in [-0.39, 0.29) is 5.41 Å². The maximum Gasteiger partial charge on any atom is 0.0991 e. The summed E-state index contributed by atoms with van der Waals surface area (Å²) in [5.41, 5.74) is 5.78. The van der Waals surface area contributed by atoms with Crippen molar-refractivity contribution in [2.24, 2.45) is 16.1 Å². The van der Waals surface area contributed by atoms with Gasteiger partial charge in [0.25, 0.3) is 0 Å². The highest BCUT2D eigenvalue weighted by Gasteiger charge is 2.14. The van der Waals surface area contributed by atoms with Gasteiger partial charge in [0.1, 0.15) is 0 Å². The Labute approximate surface area is 69.9 Å². The third-order valence-electron chi connectivity index (χ3n) is 1.56. The van der Waals surface area contributed by atoms with Crippen LogP contribution < -0.4 is 5.73 Å². The van der Waals surface area contributed by atoms with Crippen molar-refractivity contribution in [1.82, 2.24) is 0 Å². The van der Waals surface area contributed by atoms with E-state index in [4.69, 9.17) is 5.73 Å². The summed E-state index contributed by atoms with van der Waals surface area (Å²) in [6.07, 6.45) is 2.32. The molecule has 11 heavy (non-hydrogen) atoms. The summed E-state index contributed by atoms with van der Waals surface area (Å²) in [7, 11) is 0. The number of nitrogens with zero attached hydrogens (tertiary/aromatic N) is 1. The van der Waals surface area contributed by atoms with Crippen molar-refractivity contribution in [2.45, 2.75) is 40.5 Å². The minimum absolute atomic E-state index is 0.0355. The highest BCUT2D eigenvalue weighted by molar-refractivity contribution is 5.85. The normalized spacial score (nSPS) is 13.6. The van der Waals surface area contributed by atoms with Gasteiger partial charge in [0, 0.05) is 12.0 Å². The van der Waals surface area contributed by atoms with E-state index >= 15 is 0 Å². The first-order chi connectivity index (χ1) is 4.98. The number of aliphatic imine (C=N–C) groups is 1. The van der Waals surface area contributed by atoms with Crippen LogP contribution in [0.1, 0.15) is 40.5 Å². The molecular weight excluding hydrogens is 136 g/mol. The lowest BCUT2D eigenvalue weighted by Gasteiger charge is -2.17. The minimum atomic E-state index is 0.0355. The average molecular weight is 156 g/mol. The van der Waals surface area contributed by atoms with E-state index in [0.717, 1.165) is 18.8 Å². The summed E-state index contributed by atoms with van der Waals surface area (Å²) >= 11 is 0. The summed E-state index contributed by atoms with van der Waals surface area (Å²) in [5, 5.41) is 0. The Balaban J connectivity index is 3.81. The topological polar surface area (TPSA) is 38.4 Å². The fourth-order valence-corrected chi connectivity index (χ4v) is 0.595. The zero-order valence-corrected chi connectivity index (χ0v) is 8.15. The smallest absolute Gasteiger partial charge is 0.0991 e. The number of amidine groups is 1. The molecule has 0 saturated carbocycles. The maximum atomic E-state index is 5.74. The third kappa shape index (κ3) is 4.82. The zero-order chi connectivity index (χ0) is 8.91. The molecule has 0 atom stereocenters. The molecule has 0 rings (SSSR count). The van der Waals surface area contributed by atoms with Gasteiger partial charge < -0.3 is 5.73 Å². The Morgan fingerprint density at radius 3 is 2.27 bits per heavy atom. The molecular formula is C9H20N2. The number of unbranched alkanes of at least 4 members (excludes halogenated alkanes) is 1. The van der Waals surface area contributed by atoms with Gasteiger partial charge in [-0.1, -0.05) is 34.1 Å². The molecule has 0 radical (unpaired) electrons. The summed E-state index contributed by atoms with van der Waals surface area (Å²) in [6.45, 7) is 9.27. The molecule has 0 aromatic heterocycles. The molecule has 0 bridgehead atoms. The predicted octanol–water partition coefficient (Wildman–Crippen LogP) is 2.19. The van der Waals surface area contributed by atoms with Gasteiger partial charge in [-0.2, -0.15) is 0 Å². The van der Waals surface area contributed by atoms with Gasteiger partial charge in [0.05, 0.1) is 5.84 Å². The minimum Gasteiger partial charge on any atom is -0.387 e.